The molecule has 0 saturated heterocycles. The fourth-order valence-electron chi connectivity index (χ4n) is 4.05. The Bertz CT molecular complexity index is 638. The number of quaternary nitrogens is 1. The molecule has 0 aliphatic rings. The highest BCUT2D eigenvalue weighted by molar-refractivity contribution is 7.40. The Balaban J connectivity index is 2.07. The van der Waals surface area contributed by atoms with Crippen LogP contribution in [0.1, 0.15) is 96.0 Å². The Morgan fingerprint density at radius 1 is 0.757 bits per heavy atom. The molecule has 2 atom stereocenters. The molecule has 1 rings (SSSR count). The van der Waals surface area contributed by atoms with Crippen molar-refractivity contribution in [3.8, 4) is 5.75 Å². The summed E-state index contributed by atoms with van der Waals surface area (Å²) in [4.78, 5) is 9.92. The van der Waals surface area contributed by atoms with E-state index >= 15 is 0 Å². The van der Waals surface area contributed by atoms with Gasteiger partial charge in [-0.05, 0) is 30.5 Å². The van der Waals surface area contributed by atoms with Gasteiger partial charge in [0.1, 0.15) is 31.6 Å². The van der Waals surface area contributed by atoms with Gasteiger partial charge < -0.3 is 27.9 Å². The lowest BCUT2D eigenvalue weighted by molar-refractivity contribution is -0.870. The second kappa shape index (κ2) is 22.1. The summed E-state index contributed by atoms with van der Waals surface area (Å²) in [6, 6.07) is 8.36. The number of ether oxygens (including phenoxy) is 2. The van der Waals surface area contributed by atoms with Gasteiger partial charge in [-0.15, -0.1) is 0 Å². The maximum atomic E-state index is 9.92. The average molecular weight is 543 g/mol. The summed E-state index contributed by atoms with van der Waals surface area (Å²) in [6.07, 6.45) is 18.9. The maximum Gasteiger partial charge on any atom is 0.330 e. The summed E-state index contributed by atoms with van der Waals surface area (Å²) in [5, 5.41) is 0. The fraction of sp³-hybridized carbons (Fsp3) is 0.800. The number of rotatable bonds is 25. The van der Waals surface area contributed by atoms with E-state index in [-0.39, 0.29) is 12.7 Å². The first-order chi connectivity index (χ1) is 17.8. The van der Waals surface area contributed by atoms with Gasteiger partial charge in [0, 0.05) is 7.11 Å². The molecule has 1 N–H and O–H groups in total. The summed E-state index contributed by atoms with van der Waals surface area (Å²) < 4.78 is 22.8. The van der Waals surface area contributed by atoms with E-state index in [1.165, 1.54) is 89.0 Å². The predicted octanol–water partition coefficient (Wildman–Crippen LogP) is 7.67. The monoisotopic (exact) mass is 542 g/mol. The second-order valence-corrected chi connectivity index (χ2v) is 12.2. The average Bonchev–Trinajstić information content (AvgIpc) is 2.87. The molecule has 2 unspecified atom stereocenters. The molecule has 0 amide bonds. The molecular weight excluding hydrogens is 485 g/mol. The molecule has 0 spiro atoms. The Morgan fingerprint density at radius 2 is 1.30 bits per heavy atom. The van der Waals surface area contributed by atoms with Gasteiger partial charge in [-0.25, -0.2) is 0 Å². The van der Waals surface area contributed by atoms with Crippen molar-refractivity contribution in [1.82, 2.24) is 0 Å². The minimum atomic E-state index is -1.90. The third-order valence-corrected chi connectivity index (χ3v) is 7.37. The van der Waals surface area contributed by atoms with Crippen LogP contribution in [0.25, 0.3) is 0 Å². The number of likely N-dealkylation sites (N-methyl/N-ethyl adjacent to an activating group) is 1. The molecule has 0 aliphatic heterocycles. The van der Waals surface area contributed by atoms with Crippen LogP contribution in [-0.2, 0) is 20.2 Å². The standard InChI is InChI=1S/C30H57NO5P/c1-6-7-8-9-10-11-12-13-14-15-16-17-18-19-28-20-22-29(23-21-28)34-26-30(33-5)27-36-37(32)35-25-24-31(2,3)4/h20-23,30,32H,6-19,24-27H2,1-5H3/q+1. The number of unbranched alkanes of at least 4 members (excludes halogenated alkanes) is 12. The van der Waals surface area contributed by atoms with Crippen LogP contribution in [0.15, 0.2) is 24.3 Å². The minimum Gasteiger partial charge on any atom is -0.491 e. The molecule has 0 radical (unpaired) electrons. The molecule has 216 valence electrons. The molecule has 1 aromatic rings. The van der Waals surface area contributed by atoms with Gasteiger partial charge in [0.2, 0.25) is 0 Å². The number of methoxy groups -OCH3 is 1. The molecule has 1 aromatic carbocycles. The summed E-state index contributed by atoms with van der Waals surface area (Å²) in [5.74, 6) is 0.821. The van der Waals surface area contributed by atoms with Crippen molar-refractivity contribution < 1.29 is 27.9 Å². The van der Waals surface area contributed by atoms with E-state index in [2.05, 4.69) is 40.2 Å². The van der Waals surface area contributed by atoms with Crippen molar-refractivity contribution in [1.29, 1.82) is 0 Å². The molecule has 0 fully saturated rings. The first-order valence-electron chi connectivity index (χ1n) is 14.6. The summed E-state index contributed by atoms with van der Waals surface area (Å²) in [5.41, 5.74) is 1.36. The highest BCUT2D eigenvalue weighted by Gasteiger charge is 2.16. The number of hydrogen-bond acceptors (Lipinski definition) is 5. The van der Waals surface area contributed by atoms with Crippen molar-refractivity contribution in [3.63, 3.8) is 0 Å². The maximum absolute atomic E-state index is 9.92. The van der Waals surface area contributed by atoms with E-state index in [1.54, 1.807) is 7.11 Å². The molecular formula is C30H57NO5P+. The zero-order valence-corrected chi connectivity index (χ0v) is 25.5. The molecule has 6 nitrogen and oxygen atoms in total. The number of hydrogen-bond donors (Lipinski definition) is 1. The first-order valence-corrected chi connectivity index (χ1v) is 15.8. The van der Waals surface area contributed by atoms with E-state index in [9.17, 15) is 4.89 Å². The lowest BCUT2D eigenvalue weighted by Crippen LogP contribution is -2.37. The highest BCUT2D eigenvalue weighted by atomic mass is 31.2. The Labute approximate surface area is 229 Å². The highest BCUT2D eigenvalue weighted by Crippen LogP contribution is 2.32. The van der Waals surface area contributed by atoms with Gasteiger partial charge in [0.25, 0.3) is 0 Å². The third-order valence-electron chi connectivity index (χ3n) is 6.60. The molecule has 0 heterocycles. The zero-order valence-electron chi connectivity index (χ0n) is 24.6. The number of aryl methyl sites for hydroxylation is 1. The fourth-order valence-corrected chi connectivity index (χ4v) is 4.66. The quantitative estimate of drug-likeness (QED) is 0.0780. The largest absolute Gasteiger partial charge is 0.491 e. The number of nitrogens with zero attached hydrogens (tertiary/aromatic N) is 1. The first kappa shape index (κ1) is 34.3. The Hall–Kier alpha value is -0.750. The van der Waals surface area contributed by atoms with Crippen molar-refractivity contribution in [2.45, 2.75) is 103 Å². The zero-order chi connectivity index (χ0) is 27.2. The van der Waals surface area contributed by atoms with Gasteiger partial charge in [0.05, 0.1) is 27.7 Å². The minimum absolute atomic E-state index is 0.222. The van der Waals surface area contributed by atoms with Crippen LogP contribution < -0.4 is 4.74 Å². The van der Waals surface area contributed by atoms with Crippen molar-refractivity contribution in [2.75, 3.05) is 54.6 Å². The van der Waals surface area contributed by atoms with Gasteiger partial charge in [-0.1, -0.05) is 96.1 Å². The van der Waals surface area contributed by atoms with E-state index < -0.39 is 8.60 Å². The molecule has 7 heteroatoms. The SMILES string of the molecule is CCCCCCCCCCCCCCCc1ccc(OCC(COP(O)OCC[N+](C)(C)C)OC)cc1. The third kappa shape index (κ3) is 20.8. The van der Waals surface area contributed by atoms with Crippen LogP contribution in [0.5, 0.6) is 5.75 Å². The lowest BCUT2D eigenvalue weighted by atomic mass is 10.0. The summed E-state index contributed by atoms with van der Waals surface area (Å²) >= 11 is 0. The van der Waals surface area contributed by atoms with Crippen LogP contribution in [0.3, 0.4) is 0 Å². The van der Waals surface area contributed by atoms with Crippen LogP contribution in [0, 0.1) is 0 Å². The van der Waals surface area contributed by atoms with Gasteiger partial charge >= 0.3 is 8.60 Å². The topological polar surface area (TPSA) is 57.2 Å². The van der Waals surface area contributed by atoms with E-state index in [0.717, 1.165) is 23.2 Å². The van der Waals surface area contributed by atoms with Crippen LogP contribution in [0.4, 0.5) is 0 Å². The van der Waals surface area contributed by atoms with Crippen molar-refractivity contribution >= 4 is 8.60 Å². The number of benzene rings is 1. The summed E-state index contributed by atoms with van der Waals surface area (Å²) in [7, 11) is 5.95. The van der Waals surface area contributed by atoms with E-state index in [4.69, 9.17) is 18.5 Å². The smallest absolute Gasteiger partial charge is 0.330 e. The molecule has 0 aliphatic carbocycles. The van der Waals surface area contributed by atoms with Gasteiger partial charge in [0.15, 0.2) is 0 Å². The normalized spacial score (nSPS) is 13.6. The summed E-state index contributed by atoms with van der Waals surface area (Å²) in [6.45, 7) is 4.11. The molecule has 37 heavy (non-hydrogen) atoms. The second-order valence-electron chi connectivity index (χ2n) is 11.2. The van der Waals surface area contributed by atoms with Crippen LogP contribution in [0.2, 0.25) is 0 Å². The van der Waals surface area contributed by atoms with Gasteiger partial charge in [-0.2, -0.15) is 0 Å². The van der Waals surface area contributed by atoms with Gasteiger partial charge in [-0.3, -0.25) is 0 Å². The molecule has 0 saturated carbocycles. The predicted molar refractivity (Wildman–Crippen MR) is 156 cm³/mol. The Kier molecular flexibility index (Phi) is 20.5. The Morgan fingerprint density at radius 3 is 1.81 bits per heavy atom. The van der Waals surface area contributed by atoms with Crippen molar-refractivity contribution in [3.05, 3.63) is 29.8 Å². The van der Waals surface area contributed by atoms with Crippen LogP contribution >= 0.6 is 8.60 Å². The molecule has 0 bridgehead atoms. The van der Waals surface area contributed by atoms with Crippen molar-refractivity contribution in [2.24, 2.45) is 0 Å². The lowest BCUT2D eigenvalue weighted by Gasteiger charge is -2.24. The van der Waals surface area contributed by atoms with Crippen LogP contribution in [-0.4, -0.2) is 70.1 Å². The van der Waals surface area contributed by atoms with E-state index in [0.29, 0.717) is 13.2 Å². The van der Waals surface area contributed by atoms with E-state index in [1.807, 2.05) is 12.1 Å². The molecule has 0 aromatic heterocycles.